The number of alkyl halides is 3. The molecule has 0 aliphatic carbocycles. The molecule has 2 atom stereocenters. The molecule has 150 valence electrons. The largest absolute Gasteiger partial charge is 0.471 e. The molecule has 2 amide bonds. The lowest BCUT2D eigenvalue weighted by Gasteiger charge is -2.45. The number of amides is 2. The van der Waals surface area contributed by atoms with Crippen molar-refractivity contribution in [2.24, 2.45) is 0 Å². The van der Waals surface area contributed by atoms with Gasteiger partial charge in [0.25, 0.3) is 0 Å². The van der Waals surface area contributed by atoms with Gasteiger partial charge >= 0.3 is 18.2 Å². The van der Waals surface area contributed by atoms with Crippen LogP contribution >= 0.6 is 0 Å². The number of carbonyl (C=O) groups excluding carboxylic acids is 2. The Bertz CT molecular complexity index is 698. The lowest BCUT2D eigenvalue weighted by Crippen LogP contribution is -2.59. The van der Waals surface area contributed by atoms with Gasteiger partial charge in [-0.3, -0.25) is 4.79 Å². The first-order chi connectivity index (χ1) is 12.3. The highest BCUT2D eigenvalue weighted by atomic mass is 19.4. The lowest BCUT2D eigenvalue weighted by atomic mass is 9.99. The van der Waals surface area contributed by atoms with Crippen molar-refractivity contribution >= 4 is 12.0 Å². The molecule has 0 bridgehead atoms. The van der Waals surface area contributed by atoms with Crippen molar-refractivity contribution in [2.75, 3.05) is 13.1 Å². The Morgan fingerprint density at radius 1 is 1.04 bits per heavy atom. The molecular formula is C18H22F4N2O3. The van der Waals surface area contributed by atoms with E-state index in [1.54, 1.807) is 27.7 Å². The fourth-order valence-corrected chi connectivity index (χ4v) is 2.91. The van der Waals surface area contributed by atoms with Gasteiger partial charge in [-0.15, -0.1) is 0 Å². The van der Waals surface area contributed by atoms with E-state index in [2.05, 4.69) is 0 Å². The third kappa shape index (κ3) is 5.11. The van der Waals surface area contributed by atoms with Crippen LogP contribution in [0.15, 0.2) is 24.3 Å². The summed E-state index contributed by atoms with van der Waals surface area (Å²) >= 11 is 0. The summed E-state index contributed by atoms with van der Waals surface area (Å²) in [6, 6.07) is 3.06. The van der Waals surface area contributed by atoms with Crippen molar-refractivity contribution in [3.8, 4) is 0 Å². The number of hydrogen-bond donors (Lipinski definition) is 0. The van der Waals surface area contributed by atoms with Crippen molar-refractivity contribution in [3.63, 3.8) is 0 Å². The van der Waals surface area contributed by atoms with Crippen LogP contribution in [0.2, 0.25) is 0 Å². The second-order valence-corrected chi connectivity index (χ2v) is 7.50. The average Bonchev–Trinajstić information content (AvgIpc) is 2.52. The summed E-state index contributed by atoms with van der Waals surface area (Å²) in [6.45, 7) is 6.06. The molecule has 0 saturated carbocycles. The average molecular weight is 390 g/mol. The standard InChI is InChI=1S/C18H22F4N2O3/c1-11-9-24(15(25)18(20,21)22)14(12-5-7-13(19)8-6-12)10-23(11)16(26)27-17(2,3)4/h5-8,11,14H,9-10H2,1-4H3. The first-order valence-electron chi connectivity index (χ1n) is 8.42. The van der Waals surface area contributed by atoms with Crippen molar-refractivity contribution in [3.05, 3.63) is 35.6 Å². The van der Waals surface area contributed by atoms with Gasteiger partial charge in [0.2, 0.25) is 0 Å². The lowest BCUT2D eigenvalue weighted by molar-refractivity contribution is -0.191. The Balaban J connectivity index is 2.36. The Labute approximate surface area is 154 Å². The third-order valence-electron chi connectivity index (χ3n) is 4.12. The van der Waals surface area contributed by atoms with Gasteiger partial charge in [0.05, 0.1) is 6.04 Å². The van der Waals surface area contributed by atoms with Gasteiger partial charge in [-0.1, -0.05) is 12.1 Å². The van der Waals surface area contributed by atoms with E-state index in [1.807, 2.05) is 0 Å². The molecule has 1 aliphatic heterocycles. The van der Waals surface area contributed by atoms with Gasteiger partial charge in [-0.2, -0.15) is 13.2 Å². The number of carbonyl (C=O) groups is 2. The molecule has 27 heavy (non-hydrogen) atoms. The van der Waals surface area contributed by atoms with Crippen LogP contribution < -0.4 is 0 Å². The maximum Gasteiger partial charge on any atom is 0.471 e. The first kappa shape index (κ1) is 21.0. The number of halogens is 4. The van der Waals surface area contributed by atoms with Gasteiger partial charge in [0.15, 0.2) is 0 Å². The molecule has 0 radical (unpaired) electrons. The molecule has 1 heterocycles. The first-order valence-corrected chi connectivity index (χ1v) is 8.42. The highest BCUT2D eigenvalue weighted by molar-refractivity contribution is 5.83. The van der Waals surface area contributed by atoms with Gasteiger partial charge in [-0.25, -0.2) is 9.18 Å². The molecule has 0 N–H and O–H groups in total. The fourth-order valence-electron chi connectivity index (χ4n) is 2.91. The predicted octanol–water partition coefficient (Wildman–Crippen LogP) is 3.90. The zero-order valence-corrected chi connectivity index (χ0v) is 15.5. The molecule has 2 rings (SSSR count). The van der Waals surface area contributed by atoms with Gasteiger partial charge in [0.1, 0.15) is 11.4 Å². The number of piperazine rings is 1. The van der Waals surface area contributed by atoms with Gasteiger partial charge < -0.3 is 14.5 Å². The molecule has 1 aromatic carbocycles. The Morgan fingerprint density at radius 2 is 1.59 bits per heavy atom. The predicted molar refractivity (Wildman–Crippen MR) is 89.3 cm³/mol. The summed E-state index contributed by atoms with van der Waals surface area (Å²) in [4.78, 5) is 26.3. The topological polar surface area (TPSA) is 49.9 Å². The molecule has 1 saturated heterocycles. The Morgan fingerprint density at radius 3 is 2.07 bits per heavy atom. The number of hydrogen-bond acceptors (Lipinski definition) is 3. The molecule has 0 aromatic heterocycles. The van der Waals surface area contributed by atoms with Crippen LogP contribution in [0.3, 0.4) is 0 Å². The molecule has 9 heteroatoms. The highest BCUT2D eigenvalue weighted by Crippen LogP contribution is 2.33. The maximum atomic E-state index is 13.2. The highest BCUT2D eigenvalue weighted by Gasteiger charge is 2.48. The zero-order valence-electron chi connectivity index (χ0n) is 15.5. The second-order valence-electron chi connectivity index (χ2n) is 7.50. The second kappa shape index (κ2) is 7.36. The monoisotopic (exact) mass is 390 g/mol. The van der Waals surface area contributed by atoms with Gasteiger partial charge in [-0.05, 0) is 45.4 Å². The Kier molecular flexibility index (Phi) is 5.72. The minimum atomic E-state index is -5.05. The molecule has 1 aliphatic rings. The van der Waals surface area contributed by atoms with E-state index in [0.29, 0.717) is 10.5 Å². The minimum absolute atomic E-state index is 0.191. The van der Waals surface area contributed by atoms with Crippen molar-refractivity contribution in [2.45, 2.75) is 51.6 Å². The van der Waals surface area contributed by atoms with Crippen LogP contribution in [0.25, 0.3) is 0 Å². The number of rotatable bonds is 1. The molecule has 1 fully saturated rings. The van der Waals surface area contributed by atoms with Crippen LogP contribution in [-0.2, 0) is 9.53 Å². The fraction of sp³-hybridized carbons (Fsp3) is 0.556. The normalized spacial score (nSPS) is 21.2. The third-order valence-corrected chi connectivity index (χ3v) is 4.12. The van der Waals surface area contributed by atoms with E-state index in [-0.39, 0.29) is 13.1 Å². The zero-order chi connectivity index (χ0) is 20.6. The maximum absolute atomic E-state index is 13.2. The van der Waals surface area contributed by atoms with E-state index in [4.69, 9.17) is 4.74 Å². The molecule has 0 spiro atoms. The van der Waals surface area contributed by atoms with E-state index in [1.165, 1.54) is 17.0 Å². The number of ether oxygens (including phenoxy) is 1. The molecular weight excluding hydrogens is 368 g/mol. The van der Waals surface area contributed by atoms with E-state index in [0.717, 1.165) is 12.1 Å². The molecule has 2 unspecified atom stereocenters. The van der Waals surface area contributed by atoms with E-state index in [9.17, 15) is 27.2 Å². The van der Waals surface area contributed by atoms with Gasteiger partial charge in [0, 0.05) is 19.1 Å². The minimum Gasteiger partial charge on any atom is -0.444 e. The van der Waals surface area contributed by atoms with Crippen molar-refractivity contribution in [1.29, 1.82) is 0 Å². The summed E-state index contributed by atoms with van der Waals surface area (Å²) in [5.74, 6) is -2.55. The van der Waals surface area contributed by atoms with Crippen LogP contribution in [0.1, 0.15) is 39.3 Å². The summed E-state index contributed by atoms with van der Waals surface area (Å²) in [5, 5.41) is 0. The summed E-state index contributed by atoms with van der Waals surface area (Å²) in [6.07, 6.45) is -5.73. The van der Waals surface area contributed by atoms with Crippen molar-refractivity contribution < 1.29 is 31.9 Å². The smallest absolute Gasteiger partial charge is 0.444 e. The molecule has 1 aromatic rings. The van der Waals surface area contributed by atoms with Crippen LogP contribution in [-0.4, -0.2) is 52.7 Å². The number of nitrogens with zero attached hydrogens (tertiary/aromatic N) is 2. The van der Waals surface area contributed by atoms with Crippen LogP contribution in [0.5, 0.6) is 0 Å². The Hall–Kier alpha value is -2.32. The summed E-state index contributed by atoms with van der Waals surface area (Å²) in [5.41, 5.74) is -0.476. The van der Waals surface area contributed by atoms with Crippen molar-refractivity contribution in [1.82, 2.24) is 9.80 Å². The van der Waals surface area contributed by atoms with Crippen LogP contribution in [0, 0.1) is 5.82 Å². The number of benzene rings is 1. The van der Waals surface area contributed by atoms with Crippen LogP contribution in [0.4, 0.5) is 22.4 Å². The van der Waals surface area contributed by atoms with E-state index < -0.39 is 41.7 Å². The molecule has 5 nitrogen and oxygen atoms in total. The SMILES string of the molecule is CC1CN(C(=O)C(F)(F)F)C(c2ccc(F)cc2)CN1C(=O)OC(C)(C)C. The quantitative estimate of drug-likeness (QED) is 0.684. The van der Waals surface area contributed by atoms with E-state index >= 15 is 0 Å². The summed E-state index contributed by atoms with van der Waals surface area (Å²) < 4.78 is 57.6. The summed E-state index contributed by atoms with van der Waals surface area (Å²) in [7, 11) is 0.